The van der Waals surface area contributed by atoms with Crippen LogP contribution in [0.15, 0.2) is 36.5 Å². The average molecular weight is 557 g/mol. The number of hydrogen-bond acceptors (Lipinski definition) is 5. The van der Waals surface area contributed by atoms with Crippen molar-refractivity contribution in [3.63, 3.8) is 0 Å². The highest BCUT2D eigenvalue weighted by Gasteiger charge is 2.36. The molecule has 0 unspecified atom stereocenters. The molecule has 2 N–H and O–H groups in total. The molecule has 2 aromatic rings. The van der Waals surface area contributed by atoms with E-state index in [4.69, 9.17) is 4.74 Å². The van der Waals surface area contributed by atoms with Gasteiger partial charge in [-0.2, -0.15) is 0 Å². The number of pyridine rings is 1. The van der Waals surface area contributed by atoms with E-state index in [1.54, 1.807) is 27.0 Å². The van der Waals surface area contributed by atoms with Crippen LogP contribution in [-0.2, 0) is 16.1 Å². The Morgan fingerprint density at radius 1 is 1.12 bits per heavy atom. The van der Waals surface area contributed by atoms with E-state index < -0.39 is 23.6 Å². The number of carbonyl (C=O) groups is 3. The van der Waals surface area contributed by atoms with Crippen LogP contribution in [0.25, 0.3) is 0 Å². The Balaban J connectivity index is 1.21. The van der Waals surface area contributed by atoms with Crippen LogP contribution in [0.5, 0.6) is 0 Å². The first-order valence-corrected chi connectivity index (χ1v) is 13.6. The maximum Gasteiger partial charge on any atom is 0.323 e. The quantitative estimate of drug-likeness (QED) is 0.568. The van der Waals surface area contributed by atoms with Gasteiger partial charge in [-0.15, -0.1) is 0 Å². The predicted octanol–water partition coefficient (Wildman–Crippen LogP) is 3.30. The van der Waals surface area contributed by atoms with Crippen LogP contribution >= 0.6 is 0 Å². The van der Waals surface area contributed by atoms with Crippen molar-refractivity contribution < 1.29 is 27.9 Å². The van der Waals surface area contributed by atoms with Crippen LogP contribution < -0.4 is 10.6 Å². The maximum atomic E-state index is 14.6. The summed E-state index contributed by atoms with van der Waals surface area (Å²) in [5.41, 5.74) is 1.17. The first-order chi connectivity index (χ1) is 19.4. The Labute approximate surface area is 231 Å². The summed E-state index contributed by atoms with van der Waals surface area (Å²) in [5.74, 6) is -1.93. The second-order valence-electron chi connectivity index (χ2n) is 10.5. The number of fused-ring (bicyclic) bond motifs is 1. The fraction of sp³-hybridized carbons (Fsp3) is 0.500. The van der Waals surface area contributed by atoms with Gasteiger partial charge >= 0.3 is 12.1 Å². The maximum absolute atomic E-state index is 14.6. The van der Waals surface area contributed by atoms with E-state index in [2.05, 4.69) is 15.6 Å². The lowest BCUT2D eigenvalue weighted by molar-refractivity contribution is -0.133. The molecule has 0 aliphatic carbocycles. The van der Waals surface area contributed by atoms with Crippen LogP contribution in [0.3, 0.4) is 0 Å². The minimum atomic E-state index is -0.923. The minimum Gasteiger partial charge on any atom is -0.383 e. The van der Waals surface area contributed by atoms with Gasteiger partial charge in [0.05, 0.1) is 13.2 Å². The zero-order chi connectivity index (χ0) is 28.2. The van der Waals surface area contributed by atoms with Gasteiger partial charge in [0, 0.05) is 57.0 Å². The number of nitrogens with zero attached hydrogens (tertiary/aromatic N) is 4. The molecule has 2 atom stereocenters. The summed E-state index contributed by atoms with van der Waals surface area (Å²) < 4.78 is 33.7. The first-order valence-electron chi connectivity index (χ1n) is 13.6. The standard InChI is InChI=1S/C28H34F2N6O4/c1-40-15-14-35-16-18(21-5-2-6-22(29)24(21)30)7-8-23(26(35)37)32-27(38)34-12-9-20(10-13-34)36-17-19-4-3-11-31-25(19)33-28(36)39/h2-6,11,18,20,23H,7-10,12-17H2,1H3,(H,32,38)(H,31,33,39)/t18-,23-/m1/s1. The van der Waals surface area contributed by atoms with Crippen molar-refractivity contribution in [2.24, 2.45) is 0 Å². The molecular formula is C28H34F2N6O4. The van der Waals surface area contributed by atoms with Crippen LogP contribution in [0, 0.1) is 11.6 Å². The molecule has 2 fully saturated rings. The fourth-order valence-corrected chi connectivity index (χ4v) is 5.81. The van der Waals surface area contributed by atoms with Gasteiger partial charge in [0.1, 0.15) is 11.9 Å². The number of anilines is 1. The van der Waals surface area contributed by atoms with Crippen molar-refractivity contribution >= 4 is 23.8 Å². The summed E-state index contributed by atoms with van der Waals surface area (Å²) in [6, 6.07) is 6.49. The Bertz CT molecular complexity index is 1260. The molecule has 5 rings (SSSR count). The van der Waals surface area contributed by atoms with Gasteiger partial charge in [-0.1, -0.05) is 18.2 Å². The van der Waals surface area contributed by atoms with E-state index >= 15 is 0 Å². The van der Waals surface area contributed by atoms with Crippen LogP contribution in [0.1, 0.15) is 42.7 Å². The topological polar surface area (TPSA) is 107 Å². The summed E-state index contributed by atoms with van der Waals surface area (Å²) in [4.78, 5) is 48.5. The lowest BCUT2D eigenvalue weighted by Crippen LogP contribution is -2.55. The van der Waals surface area contributed by atoms with Crippen LogP contribution in [0.2, 0.25) is 0 Å². The zero-order valence-corrected chi connectivity index (χ0v) is 22.4. The third-order valence-corrected chi connectivity index (χ3v) is 8.05. The highest BCUT2D eigenvalue weighted by Crippen LogP contribution is 2.30. The fourth-order valence-electron chi connectivity index (χ4n) is 5.81. The molecule has 10 nitrogen and oxygen atoms in total. The van der Waals surface area contributed by atoms with Crippen molar-refractivity contribution in [3.05, 3.63) is 59.3 Å². The highest BCUT2D eigenvalue weighted by atomic mass is 19.2. The van der Waals surface area contributed by atoms with E-state index in [0.29, 0.717) is 51.1 Å². The summed E-state index contributed by atoms with van der Waals surface area (Å²) in [7, 11) is 1.53. The Morgan fingerprint density at radius 2 is 1.93 bits per heavy atom. The molecule has 2 saturated heterocycles. The lowest BCUT2D eigenvalue weighted by Gasteiger charge is -2.40. The molecule has 0 spiro atoms. The number of piperidine rings is 1. The van der Waals surface area contributed by atoms with Gasteiger partial charge in [-0.3, -0.25) is 10.1 Å². The number of halogens is 2. The van der Waals surface area contributed by atoms with Crippen molar-refractivity contribution in [2.45, 2.75) is 50.2 Å². The van der Waals surface area contributed by atoms with Gasteiger partial charge in [0.25, 0.3) is 0 Å². The second kappa shape index (κ2) is 12.2. The Morgan fingerprint density at radius 3 is 2.70 bits per heavy atom. The van der Waals surface area contributed by atoms with Gasteiger partial charge in [0.2, 0.25) is 5.91 Å². The van der Waals surface area contributed by atoms with Gasteiger partial charge in [-0.05, 0) is 43.4 Å². The molecule has 3 aliphatic heterocycles. The number of likely N-dealkylation sites (tertiary alicyclic amines) is 2. The number of amides is 5. The summed E-state index contributed by atoms with van der Waals surface area (Å²) in [5, 5.41) is 5.72. The molecule has 0 bridgehead atoms. The monoisotopic (exact) mass is 556 g/mol. The second-order valence-corrected chi connectivity index (χ2v) is 10.5. The number of nitrogens with one attached hydrogen (secondary N) is 2. The Kier molecular flexibility index (Phi) is 8.43. The third-order valence-electron chi connectivity index (χ3n) is 8.05. The van der Waals surface area contributed by atoms with E-state index in [9.17, 15) is 23.2 Å². The molecule has 0 saturated carbocycles. The molecular weight excluding hydrogens is 522 g/mol. The first kappa shape index (κ1) is 27.8. The van der Waals surface area contributed by atoms with Gasteiger partial charge < -0.3 is 24.8 Å². The van der Waals surface area contributed by atoms with Crippen molar-refractivity contribution in [2.75, 3.05) is 45.2 Å². The lowest BCUT2D eigenvalue weighted by atomic mass is 9.93. The minimum absolute atomic E-state index is 0.0247. The summed E-state index contributed by atoms with van der Waals surface area (Å²) >= 11 is 0. The normalized spacial score (nSPS) is 22.0. The van der Waals surface area contributed by atoms with E-state index in [1.165, 1.54) is 13.2 Å². The molecule has 3 aliphatic rings. The predicted molar refractivity (Wildman–Crippen MR) is 143 cm³/mol. The number of urea groups is 2. The number of aromatic nitrogens is 1. The Hall–Kier alpha value is -3.80. The van der Waals surface area contributed by atoms with E-state index in [1.807, 2.05) is 12.1 Å². The number of methoxy groups -OCH3 is 1. The summed E-state index contributed by atoms with van der Waals surface area (Å²) in [6.45, 7) is 2.10. The number of hydrogen-bond donors (Lipinski definition) is 2. The van der Waals surface area contributed by atoms with E-state index in [-0.39, 0.29) is 49.3 Å². The molecule has 1 aromatic carbocycles. The third kappa shape index (κ3) is 5.86. The van der Waals surface area contributed by atoms with Crippen molar-refractivity contribution in [1.29, 1.82) is 0 Å². The van der Waals surface area contributed by atoms with Crippen molar-refractivity contribution in [3.8, 4) is 0 Å². The molecule has 12 heteroatoms. The number of ether oxygens (including phenoxy) is 1. The number of rotatable bonds is 6. The molecule has 40 heavy (non-hydrogen) atoms. The van der Waals surface area contributed by atoms with Gasteiger partial charge in [-0.25, -0.2) is 23.4 Å². The largest absolute Gasteiger partial charge is 0.383 e. The van der Waals surface area contributed by atoms with Gasteiger partial charge in [0.15, 0.2) is 11.6 Å². The molecule has 0 radical (unpaired) electrons. The zero-order valence-electron chi connectivity index (χ0n) is 22.4. The van der Waals surface area contributed by atoms with Crippen LogP contribution in [0.4, 0.5) is 24.2 Å². The highest BCUT2D eigenvalue weighted by molar-refractivity contribution is 5.91. The smallest absolute Gasteiger partial charge is 0.323 e. The van der Waals surface area contributed by atoms with E-state index in [0.717, 1.165) is 11.6 Å². The molecule has 5 amide bonds. The SMILES string of the molecule is COCCN1C[C@H](c2cccc(F)c2F)CC[C@@H](NC(=O)N2CCC(N3Cc4cccnc4NC3=O)CC2)C1=O. The molecule has 4 heterocycles. The number of carbonyl (C=O) groups excluding carboxylic acids is 3. The summed E-state index contributed by atoms with van der Waals surface area (Å²) in [6.07, 6.45) is 3.56. The van der Waals surface area contributed by atoms with Crippen molar-refractivity contribution in [1.82, 2.24) is 25.0 Å². The number of benzene rings is 1. The molecule has 1 aromatic heterocycles. The molecule has 214 valence electrons. The average Bonchev–Trinajstić information content (AvgIpc) is 3.11. The van der Waals surface area contributed by atoms with Crippen LogP contribution in [-0.4, -0.2) is 89.6 Å².